The van der Waals surface area contributed by atoms with E-state index in [4.69, 9.17) is 4.42 Å². The molecule has 3 nitrogen and oxygen atoms in total. The molecule has 0 atom stereocenters. The molecule has 0 unspecified atom stereocenters. The maximum absolute atomic E-state index is 11.4. The molecular formula is C17H13O3P. The quantitative estimate of drug-likeness (QED) is 0.753. The minimum absolute atomic E-state index is 0.230. The van der Waals surface area contributed by atoms with Crippen LogP contribution in [0.25, 0.3) is 0 Å². The standard InChI is InChI=1S/C17H13O3P/c18-16(19)15-11-12-20-17(15)21(13-7-3-1-4-8-13)14-9-5-2-6-10-14/h1-12H,(H,18,19). The normalized spacial score (nSPS) is 10.7. The third kappa shape index (κ3) is 2.74. The van der Waals surface area contributed by atoms with Gasteiger partial charge in [-0.1, -0.05) is 60.7 Å². The number of carboxylic acids is 1. The van der Waals surface area contributed by atoms with Crippen LogP contribution in [0.2, 0.25) is 0 Å². The van der Waals surface area contributed by atoms with Crippen LogP contribution in [0.3, 0.4) is 0 Å². The van der Waals surface area contributed by atoms with Crippen LogP contribution in [0.1, 0.15) is 10.4 Å². The van der Waals surface area contributed by atoms with Crippen LogP contribution >= 0.6 is 7.92 Å². The molecule has 0 aliphatic rings. The number of hydrogen-bond acceptors (Lipinski definition) is 2. The van der Waals surface area contributed by atoms with E-state index >= 15 is 0 Å². The van der Waals surface area contributed by atoms with Crippen molar-refractivity contribution in [3.63, 3.8) is 0 Å². The largest absolute Gasteiger partial charge is 0.478 e. The summed E-state index contributed by atoms with van der Waals surface area (Å²) in [4.78, 5) is 11.4. The number of furan rings is 1. The Balaban J connectivity index is 2.18. The minimum atomic E-state index is -1.01. The Kier molecular flexibility index (Phi) is 3.85. The average Bonchev–Trinajstić information content (AvgIpc) is 2.99. The highest BCUT2D eigenvalue weighted by Gasteiger charge is 2.25. The van der Waals surface area contributed by atoms with Crippen molar-refractivity contribution in [1.29, 1.82) is 0 Å². The van der Waals surface area contributed by atoms with Gasteiger partial charge in [-0.2, -0.15) is 0 Å². The smallest absolute Gasteiger partial charge is 0.339 e. The van der Waals surface area contributed by atoms with Gasteiger partial charge in [-0.05, 0) is 16.7 Å². The number of hydrogen-bond donors (Lipinski definition) is 1. The van der Waals surface area contributed by atoms with E-state index < -0.39 is 13.9 Å². The zero-order chi connectivity index (χ0) is 14.7. The van der Waals surface area contributed by atoms with Crippen molar-refractivity contribution in [2.75, 3.05) is 0 Å². The van der Waals surface area contributed by atoms with Crippen LogP contribution in [0.4, 0.5) is 0 Å². The molecule has 104 valence electrons. The predicted octanol–water partition coefficient (Wildman–Crippen LogP) is 2.74. The topological polar surface area (TPSA) is 50.4 Å². The van der Waals surface area contributed by atoms with Gasteiger partial charge in [0.05, 0.1) is 6.26 Å². The molecule has 0 radical (unpaired) electrons. The molecule has 3 rings (SSSR count). The van der Waals surface area contributed by atoms with Crippen molar-refractivity contribution in [2.45, 2.75) is 0 Å². The average molecular weight is 296 g/mol. The molecule has 21 heavy (non-hydrogen) atoms. The molecule has 0 saturated carbocycles. The highest BCUT2D eigenvalue weighted by atomic mass is 31.1. The molecule has 0 aliphatic heterocycles. The van der Waals surface area contributed by atoms with Crippen molar-refractivity contribution in [3.05, 3.63) is 78.6 Å². The summed E-state index contributed by atoms with van der Waals surface area (Å²) >= 11 is 0. The summed E-state index contributed by atoms with van der Waals surface area (Å²) < 4.78 is 5.54. The van der Waals surface area contributed by atoms with E-state index in [9.17, 15) is 9.90 Å². The lowest BCUT2D eigenvalue weighted by Gasteiger charge is -2.16. The lowest BCUT2D eigenvalue weighted by molar-refractivity contribution is 0.0698. The summed E-state index contributed by atoms with van der Waals surface area (Å²) in [5, 5.41) is 11.5. The number of benzene rings is 2. The van der Waals surface area contributed by atoms with Gasteiger partial charge in [-0.15, -0.1) is 0 Å². The number of carbonyl (C=O) groups is 1. The zero-order valence-electron chi connectivity index (χ0n) is 11.1. The van der Waals surface area contributed by atoms with Gasteiger partial charge in [0.15, 0.2) is 0 Å². The highest BCUT2D eigenvalue weighted by molar-refractivity contribution is 7.79. The predicted molar refractivity (Wildman–Crippen MR) is 84.4 cm³/mol. The molecule has 0 aliphatic carbocycles. The SMILES string of the molecule is O=C(O)c1ccoc1P(c1ccccc1)c1ccccc1. The third-order valence-electron chi connectivity index (χ3n) is 3.11. The second kappa shape index (κ2) is 5.94. The van der Waals surface area contributed by atoms with Gasteiger partial charge in [0, 0.05) is 7.92 Å². The first-order valence-electron chi connectivity index (χ1n) is 6.48. The molecule has 4 heteroatoms. The lowest BCUT2D eigenvalue weighted by Crippen LogP contribution is -2.23. The molecule has 1 heterocycles. The van der Waals surface area contributed by atoms with Gasteiger partial charge in [0.25, 0.3) is 0 Å². The second-order valence-electron chi connectivity index (χ2n) is 4.45. The Hall–Kier alpha value is -2.38. The van der Waals surface area contributed by atoms with Crippen molar-refractivity contribution >= 4 is 30.0 Å². The first-order valence-corrected chi connectivity index (χ1v) is 7.82. The van der Waals surface area contributed by atoms with Crippen molar-refractivity contribution in [1.82, 2.24) is 0 Å². The van der Waals surface area contributed by atoms with E-state index in [1.807, 2.05) is 60.7 Å². The fourth-order valence-electron chi connectivity index (χ4n) is 2.17. The van der Waals surface area contributed by atoms with E-state index in [1.54, 1.807) is 0 Å². The van der Waals surface area contributed by atoms with Crippen LogP contribution in [0, 0.1) is 0 Å². The van der Waals surface area contributed by atoms with E-state index in [0.29, 0.717) is 5.50 Å². The van der Waals surface area contributed by atoms with Gasteiger partial charge < -0.3 is 9.52 Å². The van der Waals surface area contributed by atoms with Crippen molar-refractivity contribution in [2.24, 2.45) is 0 Å². The number of rotatable bonds is 4. The summed E-state index contributed by atoms with van der Waals surface area (Å²) in [5.41, 5.74) is 0.753. The molecular weight excluding hydrogens is 283 g/mol. The molecule has 1 aromatic heterocycles. The second-order valence-corrected chi connectivity index (χ2v) is 6.56. The van der Waals surface area contributed by atoms with E-state index in [1.165, 1.54) is 12.3 Å². The summed E-state index contributed by atoms with van der Waals surface area (Å²) in [7, 11) is -1.01. The fourth-order valence-corrected chi connectivity index (χ4v) is 4.46. The van der Waals surface area contributed by atoms with Gasteiger partial charge in [0.2, 0.25) is 0 Å². The van der Waals surface area contributed by atoms with Crippen LogP contribution in [-0.4, -0.2) is 11.1 Å². The monoisotopic (exact) mass is 296 g/mol. The van der Waals surface area contributed by atoms with Gasteiger partial charge in [-0.3, -0.25) is 0 Å². The number of aromatic carboxylic acids is 1. The summed E-state index contributed by atoms with van der Waals surface area (Å²) in [5.74, 6) is -0.960. The summed E-state index contributed by atoms with van der Waals surface area (Å²) in [6.45, 7) is 0. The van der Waals surface area contributed by atoms with E-state index in [0.717, 1.165) is 10.6 Å². The zero-order valence-corrected chi connectivity index (χ0v) is 12.0. The van der Waals surface area contributed by atoms with Crippen molar-refractivity contribution in [3.8, 4) is 0 Å². The van der Waals surface area contributed by atoms with Crippen molar-refractivity contribution < 1.29 is 14.3 Å². The molecule has 0 bridgehead atoms. The van der Waals surface area contributed by atoms with E-state index in [2.05, 4.69) is 0 Å². The van der Waals surface area contributed by atoms with Crippen LogP contribution in [-0.2, 0) is 0 Å². The Morgan fingerprint density at radius 1 is 0.857 bits per heavy atom. The molecule has 0 saturated heterocycles. The van der Waals surface area contributed by atoms with Gasteiger partial charge >= 0.3 is 5.97 Å². The molecule has 1 N–H and O–H groups in total. The maximum atomic E-state index is 11.4. The molecule has 0 spiro atoms. The first-order chi connectivity index (χ1) is 10.3. The Morgan fingerprint density at radius 3 is 1.86 bits per heavy atom. The van der Waals surface area contributed by atoms with Crippen LogP contribution in [0.15, 0.2) is 77.4 Å². The maximum Gasteiger partial charge on any atom is 0.339 e. The lowest BCUT2D eigenvalue weighted by atomic mass is 10.3. The minimum Gasteiger partial charge on any atom is -0.478 e. The third-order valence-corrected chi connectivity index (χ3v) is 5.49. The molecule has 0 amide bonds. The molecule has 0 fully saturated rings. The fraction of sp³-hybridized carbons (Fsp3) is 0. The number of carboxylic acid groups (broad SMARTS) is 1. The highest BCUT2D eigenvalue weighted by Crippen LogP contribution is 2.34. The van der Waals surface area contributed by atoms with Gasteiger partial charge in [-0.25, -0.2) is 4.79 Å². The van der Waals surface area contributed by atoms with Crippen LogP contribution < -0.4 is 16.1 Å². The Labute approximate surface area is 123 Å². The molecule has 2 aromatic carbocycles. The van der Waals surface area contributed by atoms with Crippen LogP contribution in [0.5, 0.6) is 0 Å². The summed E-state index contributed by atoms with van der Waals surface area (Å²) in [6, 6.07) is 21.3. The van der Waals surface area contributed by atoms with E-state index in [-0.39, 0.29) is 5.56 Å². The molecule has 3 aromatic rings. The van der Waals surface area contributed by atoms with Gasteiger partial charge in [0.1, 0.15) is 11.1 Å². The Morgan fingerprint density at radius 2 is 1.38 bits per heavy atom. The summed E-state index contributed by atoms with van der Waals surface area (Å²) in [6.07, 6.45) is 1.44. The Bertz CT molecular complexity index is 695. The first kappa shape index (κ1) is 13.6.